The minimum atomic E-state index is -3.34. The van der Waals surface area contributed by atoms with Gasteiger partial charge in [-0.25, -0.2) is 8.42 Å². The maximum atomic E-state index is 12.9. The van der Waals surface area contributed by atoms with E-state index >= 15 is 0 Å². The van der Waals surface area contributed by atoms with Crippen molar-refractivity contribution in [2.24, 2.45) is 0 Å². The van der Waals surface area contributed by atoms with E-state index in [4.69, 9.17) is 4.74 Å². The lowest BCUT2D eigenvalue weighted by atomic mass is 9.89. The Morgan fingerprint density at radius 2 is 1.86 bits per heavy atom. The van der Waals surface area contributed by atoms with E-state index in [1.807, 2.05) is 39.0 Å². The smallest absolute Gasteiger partial charge is 0.251 e. The van der Waals surface area contributed by atoms with E-state index < -0.39 is 10.0 Å². The van der Waals surface area contributed by atoms with Gasteiger partial charge >= 0.3 is 0 Å². The molecular formula is C22H28N2O4S. The van der Waals surface area contributed by atoms with E-state index in [-0.39, 0.29) is 23.3 Å². The van der Waals surface area contributed by atoms with Gasteiger partial charge in [0.25, 0.3) is 5.91 Å². The van der Waals surface area contributed by atoms with Gasteiger partial charge in [0.1, 0.15) is 11.4 Å². The second kappa shape index (κ2) is 7.71. The van der Waals surface area contributed by atoms with E-state index in [2.05, 4.69) is 5.32 Å². The summed E-state index contributed by atoms with van der Waals surface area (Å²) in [5, 5.41) is 3.11. The third-order valence-electron chi connectivity index (χ3n) is 5.21. The fourth-order valence-corrected chi connectivity index (χ4v) is 4.34. The molecule has 1 atom stereocenters. The molecule has 2 aromatic carbocycles. The number of rotatable bonds is 5. The molecule has 0 aliphatic carbocycles. The van der Waals surface area contributed by atoms with E-state index in [9.17, 15) is 13.2 Å². The van der Waals surface area contributed by atoms with Crippen LogP contribution in [-0.2, 0) is 10.0 Å². The lowest BCUT2D eigenvalue weighted by molar-refractivity contribution is 0.0619. The molecule has 1 aliphatic rings. The van der Waals surface area contributed by atoms with Crippen LogP contribution < -0.4 is 14.4 Å². The number of anilines is 1. The second-order valence-corrected chi connectivity index (χ2v) is 10.3. The first kappa shape index (κ1) is 21.2. The molecule has 0 unspecified atom stereocenters. The normalized spacial score (nSPS) is 17.8. The average Bonchev–Trinajstić information content (AvgIpc) is 2.66. The molecule has 156 valence electrons. The van der Waals surface area contributed by atoms with Gasteiger partial charge in [-0.2, -0.15) is 0 Å². The zero-order valence-electron chi connectivity index (χ0n) is 17.5. The van der Waals surface area contributed by atoms with Crippen molar-refractivity contribution in [2.45, 2.75) is 45.8 Å². The van der Waals surface area contributed by atoms with E-state index in [0.717, 1.165) is 16.9 Å². The van der Waals surface area contributed by atoms with Crippen molar-refractivity contribution in [3.8, 4) is 5.75 Å². The van der Waals surface area contributed by atoms with E-state index in [1.165, 1.54) is 11.4 Å². The number of aryl methyl sites for hydroxylation is 1. The number of fused-ring (bicyclic) bond motifs is 1. The van der Waals surface area contributed by atoms with Crippen LogP contribution in [0.25, 0.3) is 0 Å². The van der Waals surface area contributed by atoms with E-state index in [1.54, 1.807) is 31.2 Å². The summed E-state index contributed by atoms with van der Waals surface area (Å²) in [6, 6.07) is 12.4. The monoisotopic (exact) mass is 416 g/mol. The molecule has 2 aromatic rings. The predicted molar refractivity (Wildman–Crippen MR) is 115 cm³/mol. The van der Waals surface area contributed by atoms with Crippen molar-refractivity contribution in [2.75, 3.05) is 17.1 Å². The van der Waals surface area contributed by atoms with Gasteiger partial charge in [0.05, 0.1) is 17.5 Å². The summed E-state index contributed by atoms with van der Waals surface area (Å²) in [7, 11) is -1.83. The van der Waals surface area contributed by atoms with Crippen LogP contribution in [0.3, 0.4) is 0 Å². The third kappa shape index (κ3) is 4.56. The fourth-order valence-electron chi connectivity index (χ4n) is 3.51. The van der Waals surface area contributed by atoms with Crippen LogP contribution in [-0.4, -0.2) is 32.7 Å². The highest BCUT2D eigenvalue weighted by atomic mass is 32.2. The van der Waals surface area contributed by atoms with Crippen LogP contribution in [0, 0.1) is 6.92 Å². The minimum Gasteiger partial charge on any atom is -0.487 e. The Labute approximate surface area is 172 Å². The molecular weight excluding hydrogens is 388 g/mol. The number of hydrogen-bond acceptors (Lipinski definition) is 4. The van der Waals surface area contributed by atoms with Crippen molar-refractivity contribution in [1.29, 1.82) is 0 Å². The highest BCUT2D eigenvalue weighted by Gasteiger charge is 2.34. The Balaban J connectivity index is 1.80. The molecule has 1 amide bonds. The standard InChI is InChI=1S/C22H28N2O4S/c1-6-29(26,27)24(5)17-10-8-16(9-11-17)21(25)23-19-14-22(3,4)28-20-13-15(2)7-12-18(19)20/h7-13,19H,6,14H2,1-5H3,(H,23,25)/t19-/m1/s1. The summed E-state index contributed by atoms with van der Waals surface area (Å²) < 4.78 is 31.4. The molecule has 0 spiro atoms. The van der Waals surface area contributed by atoms with Crippen molar-refractivity contribution >= 4 is 21.6 Å². The molecule has 6 nitrogen and oxygen atoms in total. The quantitative estimate of drug-likeness (QED) is 0.804. The number of nitrogens with zero attached hydrogens (tertiary/aromatic N) is 1. The zero-order chi connectivity index (χ0) is 21.4. The molecule has 0 fully saturated rings. The minimum absolute atomic E-state index is 0.0180. The number of carbonyl (C=O) groups excluding carboxylic acids is 1. The van der Waals surface area contributed by atoms with Crippen molar-refractivity contribution in [3.05, 3.63) is 59.2 Å². The molecule has 1 heterocycles. The number of sulfonamides is 1. The number of carbonyl (C=O) groups is 1. The van der Waals surface area contributed by atoms with Gasteiger partial charge in [0.15, 0.2) is 0 Å². The SMILES string of the molecule is CCS(=O)(=O)N(C)c1ccc(C(=O)N[C@@H]2CC(C)(C)Oc3cc(C)ccc32)cc1. The van der Waals surface area contributed by atoms with Crippen LogP contribution in [0.4, 0.5) is 5.69 Å². The molecule has 29 heavy (non-hydrogen) atoms. The topological polar surface area (TPSA) is 75.7 Å². The summed E-state index contributed by atoms with van der Waals surface area (Å²) in [5.74, 6) is 0.615. The molecule has 0 bridgehead atoms. The Bertz CT molecular complexity index is 1010. The first-order valence-corrected chi connectivity index (χ1v) is 11.3. The van der Waals surface area contributed by atoms with E-state index in [0.29, 0.717) is 17.7 Å². The van der Waals surface area contributed by atoms with Gasteiger partial charge in [-0.15, -0.1) is 0 Å². The van der Waals surface area contributed by atoms with Crippen molar-refractivity contribution in [1.82, 2.24) is 5.32 Å². The maximum absolute atomic E-state index is 12.9. The maximum Gasteiger partial charge on any atom is 0.251 e. The Hall–Kier alpha value is -2.54. The number of benzene rings is 2. The number of hydrogen-bond donors (Lipinski definition) is 1. The number of nitrogens with one attached hydrogen (secondary N) is 1. The van der Waals surface area contributed by atoms with Gasteiger partial charge < -0.3 is 10.1 Å². The highest BCUT2D eigenvalue weighted by molar-refractivity contribution is 7.92. The zero-order valence-corrected chi connectivity index (χ0v) is 18.3. The van der Waals surface area contributed by atoms with Gasteiger partial charge in [0.2, 0.25) is 10.0 Å². The number of ether oxygens (including phenoxy) is 1. The second-order valence-electron chi connectivity index (χ2n) is 8.05. The first-order valence-electron chi connectivity index (χ1n) is 9.69. The van der Waals surface area contributed by atoms with Gasteiger partial charge in [-0.05, 0) is 63.6 Å². The van der Waals surface area contributed by atoms with Crippen LogP contribution in [0.2, 0.25) is 0 Å². The lowest BCUT2D eigenvalue weighted by Gasteiger charge is -2.38. The molecule has 0 aromatic heterocycles. The molecule has 0 saturated heterocycles. The molecule has 1 N–H and O–H groups in total. The summed E-state index contributed by atoms with van der Waals surface area (Å²) in [6.07, 6.45) is 0.657. The molecule has 1 aliphatic heterocycles. The largest absolute Gasteiger partial charge is 0.487 e. The predicted octanol–water partition coefficient (Wildman–Crippen LogP) is 3.81. The summed E-state index contributed by atoms with van der Waals surface area (Å²) in [6.45, 7) is 7.63. The molecule has 0 radical (unpaired) electrons. The van der Waals surface area contributed by atoms with Crippen molar-refractivity contribution < 1.29 is 17.9 Å². The van der Waals surface area contributed by atoms with Gasteiger partial charge in [-0.3, -0.25) is 9.10 Å². The average molecular weight is 417 g/mol. The molecule has 7 heteroatoms. The molecule has 3 rings (SSSR count). The Morgan fingerprint density at radius 1 is 1.21 bits per heavy atom. The van der Waals surface area contributed by atoms with Crippen LogP contribution >= 0.6 is 0 Å². The fraction of sp³-hybridized carbons (Fsp3) is 0.409. The highest BCUT2D eigenvalue weighted by Crippen LogP contribution is 2.40. The summed E-state index contributed by atoms with van der Waals surface area (Å²) in [5.41, 5.74) is 2.69. The van der Waals surface area contributed by atoms with Crippen LogP contribution in [0.5, 0.6) is 5.75 Å². The van der Waals surface area contributed by atoms with Gasteiger partial charge in [-0.1, -0.05) is 12.1 Å². The summed E-state index contributed by atoms with van der Waals surface area (Å²) >= 11 is 0. The Morgan fingerprint density at radius 3 is 2.48 bits per heavy atom. The van der Waals surface area contributed by atoms with Crippen LogP contribution in [0.15, 0.2) is 42.5 Å². The molecule has 0 saturated carbocycles. The Kier molecular flexibility index (Phi) is 5.63. The number of amides is 1. The summed E-state index contributed by atoms with van der Waals surface area (Å²) in [4.78, 5) is 12.9. The first-order chi connectivity index (χ1) is 13.5. The lowest BCUT2D eigenvalue weighted by Crippen LogP contribution is -2.41. The van der Waals surface area contributed by atoms with Crippen molar-refractivity contribution in [3.63, 3.8) is 0 Å². The van der Waals surface area contributed by atoms with Gasteiger partial charge in [0, 0.05) is 24.6 Å². The van der Waals surface area contributed by atoms with Crippen LogP contribution in [0.1, 0.15) is 54.7 Å². The third-order valence-corrected chi connectivity index (χ3v) is 6.98.